The van der Waals surface area contributed by atoms with Gasteiger partial charge in [0.2, 0.25) is 0 Å². The van der Waals surface area contributed by atoms with Gasteiger partial charge >= 0.3 is 0 Å². The molecule has 0 radical (unpaired) electrons. The zero-order chi connectivity index (χ0) is 15.5. The monoisotopic (exact) mass is 291 g/mol. The van der Waals surface area contributed by atoms with Crippen molar-refractivity contribution in [3.05, 3.63) is 34.4 Å². The van der Waals surface area contributed by atoms with Gasteiger partial charge in [0, 0.05) is 0 Å². The lowest BCUT2D eigenvalue weighted by Crippen LogP contribution is -2.20. The molecule has 1 atom stereocenters. The van der Waals surface area contributed by atoms with Crippen molar-refractivity contribution in [2.24, 2.45) is 11.3 Å². The zero-order valence-electron chi connectivity index (χ0n) is 14.0. The largest absolute Gasteiger partial charge is 0.824 e. The van der Waals surface area contributed by atoms with E-state index in [1.54, 1.807) is 0 Å². The molecule has 0 spiro atoms. The third-order valence-corrected chi connectivity index (χ3v) is 4.98. The topological polar surface area (TPSA) is 23.1 Å². The zero-order valence-corrected chi connectivity index (χ0v) is 14.9. The average molecular weight is 291 g/mol. The van der Waals surface area contributed by atoms with E-state index < -0.39 is 0 Å². The summed E-state index contributed by atoms with van der Waals surface area (Å²) < 4.78 is 0. The van der Waals surface area contributed by atoms with Crippen LogP contribution in [0.1, 0.15) is 56.4 Å². The molecule has 1 nitrogen and oxygen atoms in total. The fraction of sp³-hybridized carbons (Fsp3) is 0.611. The van der Waals surface area contributed by atoms with Crippen LogP contribution in [-0.4, -0.2) is 11.6 Å². The van der Waals surface area contributed by atoms with Crippen LogP contribution in [0.4, 0.5) is 0 Å². The van der Waals surface area contributed by atoms with E-state index in [4.69, 9.17) is 0 Å². The highest BCUT2D eigenvalue weighted by atomic mass is 31.1. The van der Waals surface area contributed by atoms with Crippen LogP contribution >= 0.6 is 8.20 Å². The lowest BCUT2D eigenvalue weighted by atomic mass is 9.86. The van der Waals surface area contributed by atoms with Crippen LogP contribution in [0.25, 0.3) is 0 Å². The van der Waals surface area contributed by atoms with E-state index in [1.807, 2.05) is 6.92 Å². The van der Waals surface area contributed by atoms with Crippen LogP contribution < -0.4 is 5.11 Å². The molecule has 1 aromatic rings. The molecule has 112 valence electrons. The average Bonchev–Trinajstić information content (AvgIpc) is 2.30. The summed E-state index contributed by atoms with van der Waals surface area (Å²) in [6, 6.07) is 4.16. The molecule has 0 bridgehead atoms. The fourth-order valence-corrected chi connectivity index (χ4v) is 3.82. The van der Waals surface area contributed by atoms with Crippen LogP contribution in [0.3, 0.4) is 0 Å². The third-order valence-electron chi connectivity index (χ3n) is 3.67. The first-order valence-electron chi connectivity index (χ1n) is 7.40. The van der Waals surface area contributed by atoms with Crippen LogP contribution in [0.2, 0.25) is 0 Å². The van der Waals surface area contributed by atoms with Crippen molar-refractivity contribution in [1.29, 1.82) is 0 Å². The predicted molar refractivity (Wildman–Crippen MR) is 89.8 cm³/mol. The van der Waals surface area contributed by atoms with Crippen molar-refractivity contribution in [1.82, 2.24) is 0 Å². The van der Waals surface area contributed by atoms with Gasteiger partial charge in [0.15, 0.2) is 0 Å². The number of hydrogen-bond acceptors (Lipinski definition) is 1. The summed E-state index contributed by atoms with van der Waals surface area (Å²) in [5.41, 5.74) is 5.02. The molecule has 1 unspecified atom stereocenters. The third kappa shape index (κ3) is 5.04. The maximum atomic E-state index is 12.5. The summed E-state index contributed by atoms with van der Waals surface area (Å²) >= 11 is 0. The van der Waals surface area contributed by atoms with Gasteiger partial charge in [0.05, 0.1) is 0 Å². The minimum atomic E-state index is 0.282. The summed E-state index contributed by atoms with van der Waals surface area (Å²) in [6.07, 6.45) is 2.13. The first-order valence-corrected chi connectivity index (χ1v) is 8.48. The van der Waals surface area contributed by atoms with E-state index >= 15 is 0 Å². The van der Waals surface area contributed by atoms with Crippen LogP contribution in [0.15, 0.2) is 12.1 Å². The van der Waals surface area contributed by atoms with Gasteiger partial charge in [-0.3, -0.25) is 0 Å². The lowest BCUT2D eigenvalue weighted by Gasteiger charge is -2.24. The molecular weight excluding hydrogens is 263 g/mol. The van der Waals surface area contributed by atoms with Gasteiger partial charge in [-0.05, 0) is 66.9 Å². The predicted octanol–water partition coefficient (Wildman–Crippen LogP) is 4.47. The maximum Gasteiger partial charge on any atom is -0.00899 e. The van der Waals surface area contributed by atoms with Crippen LogP contribution in [-0.2, 0) is 0 Å². The molecule has 20 heavy (non-hydrogen) atoms. The summed E-state index contributed by atoms with van der Waals surface area (Å²) in [5, 5.41) is 12.5. The normalized spacial score (nSPS) is 14.5. The van der Waals surface area contributed by atoms with Crippen LogP contribution in [0, 0.1) is 32.1 Å². The van der Waals surface area contributed by atoms with Gasteiger partial charge in [0.25, 0.3) is 0 Å². The summed E-state index contributed by atoms with van der Waals surface area (Å²) in [5.74, 6) is 0.589. The SMILES string of the molecule is Cc1ccc(C)c(C([O-])=PCC(C)CC(C)(C)C)c1C. The highest BCUT2D eigenvalue weighted by Gasteiger charge is 2.14. The highest BCUT2D eigenvalue weighted by molar-refractivity contribution is 7.40. The molecule has 1 rings (SSSR count). The van der Waals surface area contributed by atoms with Crippen molar-refractivity contribution in [3.8, 4) is 0 Å². The van der Waals surface area contributed by atoms with E-state index in [9.17, 15) is 5.11 Å². The lowest BCUT2D eigenvalue weighted by molar-refractivity contribution is -0.207. The van der Waals surface area contributed by atoms with Gasteiger partial charge in [-0.2, -0.15) is 0 Å². The van der Waals surface area contributed by atoms with Gasteiger partial charge in [-0.1, -0.05) is 39.8 Å². The van der Waals surface area contributed by atoms with Crippen molar-refractivity contribution in [2.75, 3.05) is 6.16 Å². The Kier molecular flexibility index (Phi) is 5.98. The second-order valence-electron chi connectivity index (χ2n) is 7.22. The molecule has 0 N–H and O–H groups in total. The van der Waals surface area contributed by atoms with Gasteiger partial charge < -0.3 is 5.11 Å². The van der Waals surface area contributed by atoms with Gasteiger partial charge in [0.1, 0.15) is 0 Å². The maximum absolute atomic E-state index is 12.5. The Morgan fingerprint density at radius 3 is 2.25 bits per heavy atom. The van der Waals surface area contributed by atoms with Crippen molar-refractivity contribution >= 4 is 13.7 Å². The smallest absolute Gasteiger partial charge is 0.00899 e. The molecule has 2 heteroatoms. The number of rotatable bonds is 4. The standard InChI is InChI=1S/C18H29OP/c1-12(10-18(5,6)7)11-20-17(19)16-14(3)9-8-13(2)15(16)4/h8-9,12,19H,10-11H2,1-7H3/p-1. The van der Waals surface area contributed by atoms with E-state index in [-0.39, 0.29) is 5.48 Å². The van der Waals surface area contributed by atoms with E-state index in [2.05, 4.69) is 53.7 Å². The van der Waals surface area contributed by atoms with Gasteiger partial charge in [-0.25, -0.2) is 0 Å². The Balaban J connectivity index is 2.88. The number of hydrogen-bond donors (Lipinski definition) is 0. The number of benzene rings is 1. The van der Waals surface area contributed by atoms with Gasteiger partial charge in [-0.15, -0.1) is 13.7 Å². The quantitative estimate of drug-likeness (QED) is 0.751. The molecular formula is C18H28OP-. The molecule has 0 aliphatic heterocycles. The molecule has 0 saturated heterocycles. The molecule has 0 amide bonds. The Labute approximate surface area is 126 Å². The second-order valence-corrected chi connectivity index (χ2v) is 8.30. The highest BCUT2D eigenvalue weighted by Crippen LogP contribution is 2.27. The Bertz CT molecular complexity index is 495. The van der Waals surface area contributed by atoms with Crippen molar-refractivity contribution < 1.29 is 5.11 Å². The van der Waals surface area contributed by atoms with Crippen molar-refractivity contribution in [2.45, 2.75) is 54.9 Å². The minimum absolute atomic E-state index is 0.282. The molecule has 1 aromatic carbocycles. The molecule has 0 heterocycles. The summed E-state index contributed by atoms with van der Waals surface area (Å²) in [4.78, 5) is 0. The first kappa shape index (κ1) is 17.4. The summed E-state index contributed by atoms with van der Waals surface area (Å²) in [7, 11) is 0.938. The Morgan fingerprint density at radius 2 is 1.70 bits per heavy atom. The molecule has 0 aromatic heterocycles. The second kappa shape index (κ2) is 6.87. The van der Waals surface area contributed by atoms with Crippen molar-refractivity contribution in [3.63, 3.8) is 0 Å². The first-order chi connectivity index (χ1) is 9.11. The molecule has 0 aliphatic carbocycles. The molecule has 0 fully saturated rings. The van der Waals surface area contributed by atoms with Crippen LogP contribution in [0.5, 0.6) is 0 Å². The molecule has 0 saturated carbocycles. The van der Waals surface area contributed by atoms with E-state index in [0.717, 1.165) is 31.1 Å². The Morgan fingerprint density at radius 1 is 1.15 bits per heavy atom. The summed E-state index contributed by atoms with van der Waals surface area (Å²) in [6.45, 7) is 15.2. The van der Waals surface area contributed by atoms with E-state index in [0.29, 0.717) is 11.3 Å². The Hall–Kier alpha value is -0.650. The van der Waals surface area contributed by atoms with E-state index in [1.165, 1.54) is 12.0 Å². The fourth-order valence-electron chi connectivity index (χ4n) is 2.71. The molecule has 0 aliphatic rings. The minimum Gasteiger partial charge on any atom is -0.824 e. The number of aryl methyl sites for hydroxylation is 2.